The zero-order valence-electron chi connectivity index (χ0n) is 22.5. The summed E-state index contributed by atoms with van der Waals surface area (Å²) < 4.78 is 0. The highest BCUT2D eigenvalue weighted by atomic mass is 32.2. The molecule has 3 aromatic rings. The molecule has 2 atom stereocenters. The van der Waals surface area contributed by atoms with Gasteiger partial charge < -0.3 is 20.5 Å². The van der Waals surface area contributed by atoms with Gasteiger partial charge in [-0.25, -0.2) is 0 Å². The predicted molar refractivity (Wildman–Crippen MR) is 154 cm³/mol. The van der Waals surface area contributed by atoms with Crippen LogP contribution >= 0.6 is 11.8 Å². The molecule has 3 amide bonds. The van der Waals surface area contributed by atoms with Gasteiger partial charge in [-0.2, -0.15) is 11.8 Å². The molecular formula is C30H38N4O3S. The fraction of sp³-hybridized carbons (Fsp3) is 0.433. The summed E-state index contributed by atoms with van der Waals surface area (Å²) in [7, 11) is 0. The first-order valence-electron chi connectivity index (χ1n) is 13.3. The average molecular weight is 535 g/mol. The molecule has 2 heterocycles. The number of hydrogen-bond donors (Lipinski definition) is 3. The third-order valence-electron chi connectivity index (χ3n) is 6.92. The lowest BCUT2D eigenvalue weighted by molar-refractivity contribution is -0.136. The van der Waals surface area contributed by atoms with Crippen LogP contribution in [0.1, 0.15) is 31.9 Å². The summed E-state index contributed by atoms with van der Waals surface area (Å²) in [6.45, 7) is 7.16. The molecule has 4 rings (SSSR count). The van der Waals surface area contributed by atoms with E-state index in [2.05, 4.69) is 15.6 Å². The summed E-state index contributed by atoms with van der Waals surface area (Å²) >= 11 is 1.86. The first-order valence-corrected chi connectivity index (χ1v) is 14.4. The van der Waals surface area contributed by atoms with Crippen LogP contribution < -0.4 is 10.6 Å². The number of aromatic amines is 1. The number of nitrogens with one attached hydrogen (secondary N) is 3. The lowest BCUT2D eigenvalue weighted by atomic mass is 9.94. The third kappa shape index (κ3) is 7.19. The quantitative estimate of drug-likeness (QED) is 0.389. The van der Waals surface area contributed by atoms with Gasteiger partial charge in [0.25, 0.3) is 0 Å². The van der Waals surface area contributed by atoms with Crippen molar-refractivity contribution in [3.8, 4) is 0 Å². The van der Waals surface area contributed by atoms with E-state index in [9.17, 15) is 14.4 Å². The molecule has 0 saturated carbocycles. The fourth-order valence-electron chi connectivity index (χ4n) is 4.64. The smallest absolute Gasteiger partial charge is 0.242 e. The molecule has 1 fully saturated rings. The van der Waals surface area contributed by atoms with Crippen LogP contribution in [0.3, 0.4) is 0 Å². The molecule has 1 aliphatic rings. The van der Waals surface area contributed by atoms with Crippen molar-refractivity contribution in [2.75, 3.05) is 31.1 Å². The molecule has 1 unspecified atom stereocenters. The van der Waals surface area contributed by atoms with E-state index in [1.165, 1.54) is 0 Å². The predicted octanol–water partition coefficient (Wildman–Crippen LogP) is 3.79. The highest BCUT2D eigenvalue weighted by Gasteiger charge is 2.31. The molecule has 0 aliphatic carbocycles. The van der Waals surface area contributed by atoms with Crippen molar-refractivity contribution in [2.24, 2.45) is 11.3 Å². The largest absolute Gasteiger partial charge is 0.361 e. The summed E-state index contributed by atoms with van der Waals surface area (Å²) in [6.07, 6.45) is 2.79. The minimum absolute atomic E-state index is 0.0707. The van der Waals surface area contributed by atoms with E-state index in [0.717, 1.165) is 46.6 Å². The van der Waals surface area contributed by atoms with Crippen LogP contribution in [-0.4, -0.2) is 64.8 Å². The van der Waals surface area contributed by atoms with Crippen molar-refractivity contribution >= 4 is 40.4 Å². The highest BCUT2D eigenvalue weighted by Crippen LogP contribution is 2.21. The lowest BCUT2D eigenvalue weighted by Crippen LogP contribution is -2.52. The number of carbonyl (C=O) groups excluding carboxylic acids is 3. The number of thioether (sulfide) groups is 1. The van der Waals surface area contributed by atoms with Crippen LogP contribution in [0.15, 0.2) is 60.8 Å². The molecule has 0 radical (unpaired) electrons. The molecule has 8 heteroatoms. The Morgan fingerprint density at radius 1 is 0.974 bits per heavy atom. The molecule has 1 aliphatic heterocycles. The highest BCUT2D eigenvalue weighted by molar-refractivity contribution is 7.99. The number of benzene rings is 2. The van der Waals surface area contributed by atoms with E-state index in [-0.39, 0.29) is 30.2 Å². The number of aromatic nitrogens is 1. The zero-order valence-corrected chi connectivity index (χ0v) is 23.3. The molecular weight excluding hydrogens is 496 g/mol. The monoisotopic (exact) mass is 534 g/mol. The van der Waals surface area contributed by atoms with Crippen molar-refractivity contribution in [1.82, 2.24) is 20.5 Å². The van der Waals surface area contributed by atoms with E-state index in [1.54, 1.807) is 0 Å². The first kappa shape index (κ1) is 27.8. The van der Waals surface area contributed by atoms with E-state index in [0.29, 0.717) is 12.8 Å². The van der Waals surface area contributed by atoms with E-state index >= 15 is 0 Å². The molecule has 202 valence electrons. The summed E-state index contributed by atoms with van der Waals surface area (Å²) in [6, 6.07) is 17.1. The second kappa shape index (κ2) is 12.5. The lowest BCUT2D eigenvalue weighted by Gasteiger charge is -2.31. The Balaban J connectivity index is 1.51. The van der Waals surface area contributed by atoms with Gasteiger partial charge in [0.1, 0.15) is 6.04 Å². The van der Waals surface area contributed by atoms with Gasteiger partial charge in [-0.05, 0) is 23.6 Å². The molecule has 0 bridgehead atoms. The second-order valence-electron chi connectivity index (χ2n) is 10.9. The number of rotatable bonds is 9. The van der Waals surface area contributed by atoms with Crippen LogP contribution in [0, 0.1) is 11.3 Å². The van der Waals surface area contributed by atoms with Crippen LogP contribution in [-0.2, 0) is 27.2 Å². The van der Waals surface area contributed by atoms with Crippen LogP contribution in [0.4, 0.5) is 0 Å². The van der Waals surface area contributed by atoms with Crippen molar-refractivity contribution in [1.29, 1.82) is 0 Å². The van der Waals surface area contributed by atoms with Crippen molar-refractivity contribution < 1.29 is 14.4 Å². The number of H-pyrrole nitrogens is 1. The molecule has 38 heavy (non-hydrogen) atoms. The van der Waals surface area contributed by atoms with Gasteiger partial charge in [-0.3, -0.25) is 14.4 Å². The first-order chi connectivity index (χ1) is 18.2. The van der Waals surface area contributed by atoms with Crippen LogP contribution in [0.25, 0.3) is 10.9 Å². The van der Waals surface area contributed by atoms with E-state index in [4.69, 9.17) is 0 Å². The fourth-order valence-corrected chi connectivity index (χ4v) is 5.54. The van der Waals surface area contributed by atoms with Crippen LogP contribution in [0.5, 0.6) is 0 Å². The summed E-state index contributed by atoms with van der Waals surface area (Å²) in [4.78, 5) is 45.1. The van der Waals surface area contributed by atoms with Gasteiger partial charge >= 0.3 is 0 Å². The number of nitrogens with zero attached hydrogens (tertiary/aromatic N) is 1. The molecule has 3 N–H and O–H groups in total. The number of fused-ring (bicyclic) bond motifs is 1. The van der Waals surface area contributed by atoms with Gasteiger partial charge in [0.15, 0.2) is 0 Å². The van der Waals surface area contributed by atoms with Crippen molar-refractivity contribution in [2.45, 2.75) is 39.7 Å². The number of carbonyl (C=O) groups is 3. The van der Waals surface area contributed by atoms with Gasteiger partial charge in [0, 0.05) is 60.1 Å². The summed E-state index contributed by atoms with van der Waals surface area (Å²) in [5.74, 6) is 1.08. The molecule has 0 spiro atoms. The number of amides is 3. The van der Waals surface area contributed by atoms with Crippen molar-refractivity contribution in [3.63, 3.8) is 0 Å². The maximum Gasteiger partial charge on any atom is 0.242 e. The Morgan fingerprint density at radius 2 is 1.66 bits per heavy atom. The topological polar surface area (TPSA) is 94.3 Å². The Hall–Kier alpha value is -3.26. The van der Waals surface area contributed by atoms with Gasteiger partial charge in [0.05, 0.1) is 5.92 Å². The number of para-hydroxylation sites is 1. The minimum atomic E-state index is -0.764. The normalized spacial score (nSPS) is 15.6. The van der Waals surface area contributed by atoms with E-state index < -0.39 is 11.5 Å². The third-order valence-corrected chi connectivity index (χ3v) is 7.86. The van der Waals surface area contributed by atoms with Gasteiger partial charge in [-0.15, -0.1) is 0 Å². The molecule has 7 nitrogen and oxygen atoms in total. The van der Waals surface area contributed by atoms with Crippen molar-refractivity contribution in [3.05, 3.63) is 71.9 Å². The SMILES string of the molecule is CC(C)(C)C(=O)NC(Cc1c[nH]c2ccccc12)C(=O)NC[C@@H](Cc1ccccc1)C(=O)N1CCSCC1. The molecule has 2 aromatic carbocycles. The van der Waals surface area contributed by atoms with Gasteiger partial charge in [-0.1, -0.05) is 69.3 Å². The maximum absolute atomic E-state index is 13.6. The Labute approximate surface area is 229 Å². The van der Waals surface area contributed by atoms with E-state index in [1.807, 2.05) is 98.2 Å². The standard InChI is InChI=1S/C30H38N4O3S/c1-30(2,3)29(37)33-26(18-22-19-31-25-12-8-7-11-24(22)25)27(35)32-20-23(17-21-9-5-4-6-10-21)28(36)34-13-15-38-16-14-34/h4-12,19,23,26,31H,13-18,20H2,1-3H3,(H,32,35)(H,33,37)/t23-,26?/m1/s1. The average Bonchev–Trinajstić information content (AvgIpc) is 3.33. The Kier molecular flexibility index (Phi) is 9.15. The molecule has 1 saturated heterocycles. The number of hydrogen-bond acceptors (Lipinski definition) is 4. The Bertz CT molecular complexity index is 1250. The summed E-state index contributed by atoms with van der Waals surface area (Å²) in [5, 5.41) is 7.01. The minimum Gasteiger partial charge on any atom is -0.361 e. The summed E-state index contributed by atoms with van der Waals surface area (Å²) in [5.41, 5.74) is 2.36. The van der Waals surface area contributed by atoms with Crippen LogP contribution in [0.2, 0.25) is 0 Å². The second-order valence-corrected chi connectivity index (χ2v) is 12.1. The maximum atomic E-state index is 13.6. The Morgan fingerprint density at radius 3 is 2.37 bits per heavy atom. The zero-order chi connectivity index (χ0) is 27.1. The molecule has 1 aromatic heterocycles. The van der Waals surface area contributed by atoms with Gasteiger partial charge in [0.2, 0.25) is 17.7 Å².